The fourth-order valence-electron chi connectivity index (χ4n) is 1.45. The summed E-state index contributed by atoms with van der Waals surface area (Å²) in [5.41, 5.74) is 1.13. The van der Waals surface area contributed by atoms with Crippen molar-refractivity contribution in [1.29, 1.82) is 5.26 Å². The van der Waals surface area contributed by atoms with Crippen LogP contribution in [-0.4, -0.2) is 6.54 Å². The molecule has 1 aromatic carbocycles. The molecule has 0 saturated carbocycles. The molecule has 0 atom stereocenters. The molecule has 0 fully saturated rings. The first-order valence-corrected chi connectivity index (χ1v) is 6.67. The van der Waals surface area contributed by atoms with Gasteiger partial charge in [-0.05, 0) is 46.0 Å². The molecule has 17 heavy (non-hydrogen) atoms. The van der Waals surface area contributed by atoms with Gasteiger partial charge in [0.2, 0.25) is 0 Å². The molecule has 0 spiro atoms. The highest BCUT2D eigenvalue weighted by Gasteiger charge is 2.17. The average molecular weight is 316 g/mol. The molecule has 1 rings (SSSR count). The molecule has 0 bridgehead atoms. The molecule has 92 valence electrons. The minimum absolute atomic E-state index is 0.106. The van der Waals surface area contributed by atoms with E-state index in [1.807, 2.05) is 18.2 Å². The molecule has 0 aliphatic carbocycles. The number of nitriles is 1. The zero-order valence-corrected chi connectivity index (χ0v) is 12.4. The monoisotopic (exact) mass is 314 g/mol. The molecule has 4 heteroatoms. The number of nitrogens with one attached hydrogen (secondary N) is 1. The second-order valence-corrected chi connectivity index (χ2v) is 6.09. The predicted octanol–water partition coefficient (Wildman–Crippen LogP) is 4.84. The Morgan fingerprint density at radius 2 is 2.18 bits per heavy atom. The number of rotatable bonds is 5. The highest BCUT2D eigenvalue weighted by Crippen LogP contribution is 2.28. The first-order chi connectivity index (χ1) is 7.94. The van der Waals surface area contributed by atoms with Gasteiger partial charge in [-0.3, -0.25) is 0 Å². The van der Waals surface area contributed by atoms with Crippen LogP contribution in [0.5, 0.6) is 0 Å². The molecular formula is C13H16BrClN2. The van der Waals surface area contributed by atoms with E-state index in [0.717, 1.165) is 23.1 Å². The third-order valence-corrected chi connectivity index (χ3v) is 3.49. The summed E-state index contributed by atoms with van der Waals surface area (Å²) in [6.07, 6.45) is 1.48. The molecule has 0 unspecified atom stereocenters. The van der Waals surface area contributed by atoms with Gasteiger partial charge in [-0.1, -0.05) is 25.4 Å². The van der Waals surface area contributed by atoms with Crippen molar-refractivity contribution in [3.05, 3.63) is 27.7 Å². The van der Waals surface area contributed by atoms with Crippen LogP contribution in [0.15, 0.2) is 22.7 Å². The van der Waals surface area contributed by atoms with Crippen LogP contribution in [0.1, 0.15) is 26.7 Å². The van der Waals surface area contributed by atoms with Crippen molar-refractivity contribution in [2.24, 2.45) is 5.41 Å². The number of benzene rings is 1. The molecule has 0 heterocycles. The van der Waals surface area contributed by atoms with Crippen LogP contribution in [0.4, 0.5) is 5.69 Å². The molecule has 1 aromatic rings. The van der Waals surface area contributed by atoms with Crippen molar-refractivity contribution in [1.82, 2.24) is 0 Å². The minimum atomic E-state index is 0.106. The van der Waals surface area contributed by atoms with Crippen LogP contribution in [0.3, 0.4) is 0 Å². The maximum Gasteiger partial charge on any atom is 0.0621 e. The lowest BCUT2D eigenvalue weighted by Crippen LogP contribution is -2.23. The molecule has 0 aromatic heterocycles. The lowest BCUT2D eigenvalue weighted by atomic mass is 9.88. The minimum Gasteiger partial charge on any atom is -0.384 e. The Morgan fingerprint density at radius 3 is 2.76 bits per heavy atom. The molecule has 0 radical (unpaired) electrons. The van der Waals surface area contributed by atoms with Gasteiger partial charge in [0.05, 0.1) is 6.07 Å². The van der Waals surface area contributed by atoms with E-state index >= 15 is 0 Å². The van der Waals surface area contributed by atoms with Gasteiger partial charge < -0.3 is 5.32 Å². The third kappa shape index (κ3) is 4.97. The van der Waals surface area contributed by atoms with Gasteiger partial charge in [0.15, 0.2) is 0 Å². The SMILES string of the molecule is CC(C)(CCC#N)CNc1ccc(Cl)cc1Br. The van der Waals surface area contributed by atoms with E-state index in [9.17, 15) is 0 Å². The molecule has 2 nitrogen and oxygen atoms in total. The Kier molecular flexibility index (Phi) is 5.30. The third-order valence-electron chi connectivity index (χ3n) is 2.60. The zero-order valence-electron chi connectivity index (χ0n) is 10.1. The van der Waals surface area contributed by atoms with Crippen molar-refractivity contribution in [2.75, 3.05) is 11.9 Å². The smallest absolute Gasteiger partial charge is 0.0621 e. The van der Waals surface area contributed by atoms with Gasteiger partial charge >= 0.3 is 0 Å². The highest BCUT2D eigenvalue weighted by atomic mass is 79.9. The Labute approximate surface area is 116 Å². The average Bonchev–Trinajstić information content (AvgIpc) is 2.25. The van der Waals surface area contributed by atoms with Crippen LogP contribution in [0, 0.1) is 16.7 Å². The summed E-state index contributed by atoms with van der Waals surface area (Å²) in [4.78, 5) is 0. The Hall–Kier alpha value is -0.720. The summed E-state index contributed by atoms with van der Waals surface area (Å²) in [5, 5.41) is 12.7. The second kappa shape index (κ2) is 6.28. The topological polar surface area (TPSA) is 35.8 Å². The van der Waals surface area contributed by atoms with E-state index < -0.39 is 0 Å². The van der Waals surface area contributed by atoms with Gasteiger partial charge in [-0.25, -0.2) is 0 Å². The fraction of sp³-hybridized carbons (Fsp3) is 0.462. The first-order valence-electron chi connectivity index (χ1n) is 5.50. The molecule has 0 aliphatic heterocycles. The van der Waals surface area contributed by atoms with E-state index in [-0.39, 0.29) is 5.41 Å². The maximum atomic E-state index is 8.60. The van der Waals surface area contributed by atoms with Gasteiger partial charge in [-0.15, -0.1) is 0 Å². The standard InChI is InChI=1S/C13H16BrClN2/c1-13(2,6-3-7-16)9-17-12-5-4-10(15)8-11(12)14/h4-5,8,17H,3,6,9H2,1-2H3. The number of hydrogen-bond acceptors (Lipinski definition) is 2. The zero-order chi connectivity index (χ0) is 12.9. The van der Waals surface area contributed by atoms with E-state index in [2.05, 4.69) is 41.2 Å². The lowest BCUT2D eigenvalue weighted by molar-refractivity contribution is 0.364. The summed E-state index contributed by atoms with van der Waals surface area (Å²) < 4.78 is 0.959. The van der Waals surface area contributed by atoms with Crippen LogP contribution in [0.2, 0.25) is 5.02 Å². The highest BCUT2D eigenvalue weighted by molar-refractivity contribution is 9.10. The van der Waals surface area contributed by atoms with Crippen molar-refractivity contribution in [3.63, 3.8) is 0 Å². The maximum absolute atomic E-state index is 8.60. The van der Waals surface area contributed by atoms with Crippen LogP contribution >= 0.6 is 27.5 Å². The molecule has 0 saturated heterocycles. The summed E-state index contributed by atoms with van der Waals surface area (Å²) >= 11 is 9.35. The largest absolute Gasteiger partial charge is 0.384 e. The van der Waals surface area contributed by atoms with Crippen molar-refractivity contribution < 1.29 is 0 Å². The Balaban J connectivity index is 2.58. The normalized spacial score (nSPS) is 11.0. The number of nitrogens with zero attached hydrogens (tertiary/aromatic N) is 1. The Bertz CT molecular complexity index is 424. The van der Waals surface area contributed by atoms with E-state index in [1.165, 1.54) is 0 Å². The van der Waals surface area contributed by atoms with Crippen LogP contribution < -0.4 is 5.32 Å². The number of halogens is 2. The quantitative estimate of drug-likeness (QED) is 0.843. The molecule has 0 aliphatic rings. The second-order valence-electron chi connectivity index (χ2n) is 4.80. The summed E-state index contributed by atoms with van der Waals surface area (Å²) in [7, 11) is 0. The molecule has 0 amide bonds. The first kappa shape index (κ1) is 14.3. The van der Waals surface area contributed by atoms with Gasteiger partial charge in [0.25, 0.3) is 0 Å². The van der Waals surface area contributed by atoms with Crippen LogP contribution in [0.25, 0.3) is 0 Å². The van der Waals surface area contributed by atoms with Crippen molar-refractivity contribution >= 4 is 33.2 Å². The van der Waals surface area contributed by atoms with Gasteiger partial charge in [0, 0.05) is 28.1 Å². The predicted molar refractivity (Wildman–Crippen MR) is 76.3 cm³/mol. The molecule has 1 N–H and O–H groups in total. The lowest BCUT2D eigenvalue weighted by Gasteiger charge is -2.24. The van der Waals surface area contributed by atoms with Gasteiger partial charge in [-0.2, -0.15) is 5.26 Å². The summed E-state index contributed by atoms with van der Waals surface area (Å²) in [5.74, 6) is 0. The van der Waals surface area contributed by atoms with Crippen molar-refractivity contribution in [3.8, 4) is 6.07 Å². The molecular weight excluding hydrogens is 300 g/mol. The van der Waals surface area contributed by atoms with E-state index in [1.54, 1.807) is 0 Å². The number of hydrogen-bond donors (Lipinski definition) is 1. The van der Waals surface area contributed by atoms with Gasteiger partial charge in [0.1, 0.15) is 0 Å². The summed E-state index contributed by atoms with van der Waals surface area (Å²) in [6, 6.07) is 7.86. The number of anilines is 1. The summed E-state index contributed by atoms with van der Waals surface area (Å²) in [6.45, 7) is 5.14. The van der Waals surface area contributed by atoms with E-state index in [0.29, 0.717) is 11.4 Å². The fourth-order valence-corrected chi connectivity index (χ4v) is 2.27. The van der Waals surface area contributed by atoms with E-state index in [4.69, 9.17) is 16.9 Å². The van der Waals surface area contributed by atoms with Crippen molar-refractivity contribution in [2.45, 2.75) is 26.7 Å². The van der Waals surface area contributed by atoms with Crippen LogP contribution in [-0.2, 0) is 0 Å². The Morgan fingerprint density at radius 1 is 1.47 bits per heavy atom.